The first-order chi connectivity index (χ1) is 14.2. The molecular weight excluding hydrogens is 406 g/mol. The summed E-state index contributed by atoms with van der Waals surface area (Å²) in [6.07, 6.45) is -0.0461. The van der Waals surface area contributed by atoms with Gasteiger partial charge >= 0.3 is 0 Å². The summed E-state index contributed by atoms with van der Waals surface area (Å²) in [5.74, 6) is -0.635. The maximum atomic E-state index is 12.5. The van der Waals surface area contributed by atoms with Gasteiger partial charge in [-0.15, -0.1) is 11.3 Å². The number of hydrazine groups is 1. The van der Waals surface area contributed by atoms with Crippen LogP contribution in [0.15, 0.2) is 35.7 Å². The van der Waals surface area contributed by atoms with Crippen molar-refractivity contribution in [1.82, 2.24) is 16.2 Å². The molecule has 9 heteroatoms. The first-order valence-electron chi connectivity index (χ1n) is 9.52. The Kier molecular flexibility index (Phi) is 8.23. The SMILES string of the molecule is COc1cc(C(=O)NNC(=O)C(NC(=O)c2cccs2)C(C)C)ccc1OC(C)C. The summed E-state index contributed by atoms with van der Waals surface area (Å²) in [5.41, 5.74) is 5.03. The van der Waals surface area contributed by atoms with Crippen molar-refractivity contribution in [1.29, 1.82) is 0 Å². The van der Waals surface area contributed by atoms with Crippen LogP contribution in [0.2, 0.25) is 0 Å². The lowest BCUT2D eigenvalue weighted by atomic mass is 10.0. The zero-order chi connectivity index (χ0) is 22.3. The fourth-order valence-corrected chi connectivity index (χ4v) is 3.21. The number of benzene rings is 1. The third-order valence-corrected chi connectivity index (χ3v) is 4.94. The summed E-state index contributed by atoms with van der Waals surface area (Å²) in [6, 6.07) is 7.36. The van der Waals surface area contributed by atoms with Crippen molar-refractivity contribution in [2.45, 2.75) is 39.8 Å². The molecule has 3 N–H and O–H groups in total. The molecule has 162 valence electrons. The number of ether oxygens (including phenoxy) is 2. The predicted molar refractivity (Wildman–Crippen MR) is 115 cm³/mol. The van der Waals surface area contributed by atoms with Crippen LogP contribution in [0.3, 0.4) is 0 Å². The average Bonchev–Trinajstić information content (AvgIpc) is 3.24. The number of carbonyl (C=O) groups excluding carboxylic acids is 3. The highest BCUT2D eigenvalue weighted by Crippen LogP contribution is 2.28. The van der Waals surface area contributed by atoms with Gasteiger partial charge in [0.2, 0.25) is 0 Å². The van der Waals surface area contributed by atoms with Gasteiger partial charge in [0.15, 0.2) is 11.5 Å². The monoisotopic (exact) mass is 433 g/mol. The Morgan fingerprint density at radius 2 is 1.70 bits per heavy atom. The second-order valence-electron chi connectivity index (χ2n) is 7.15. The smallest absolute Gasteiger partial charge is 0.269 e. The summed E-state index contributed by atoms with van der Waals surface area (Å²) in [6.45, 7) is 7.38. The van der Waals surface area contributed by atoms with E-state index >= 15 is 0 Å². The summed E-state index contributed by atoms with van der Waals surface area (Å²) in [4.78, 5) is 37.8. The van der Waals surface area contributed by atoms with Crippen LogP contribution in [0.25, 0.3) is 0 Å². The molecule has 8 nitrogen and oxygen atoms in total. The van der Waals surface area contributed by atoms with Gasteiger partial charge in [-0.2, -0.15) is 0 Å². The highest BCUT2D eigenvalue weighted by atomic mass is 32.1. The van der Waals surface area contributed by atoms with Gasteiger partial charge in [-0.1, -0.05) is 19.9 Å². The van der Waals surface area contributed by atoms with E-state index in [1.165, 1.54) is 24.5 Å². The molecule has 0 aliphatic heterocycles. The van der Waals surface area contributed by atoms with E-state index in [0.717, 1.165) is 0 Å². The Morgan fingerprint density at radius 1 is 0.967 bits per heavy atom. The Hall–Kier alpha value is -3.07. The maximum absolute atomic E-state index is 12.5. The number of rotatable bonds is 8. The number of amides is 3. The molecule has 0 saturated heterocycles. The molecule has 1 aromatic carbocycles. The van der Waals surface area contributed by atoms with Crippen molar-refractivity contribution in [3.8, 4) is 11.5 Å². The number of hydrogen-bond acceptors (Lipinski definition) is 6. The predicted octanol–water partition coefficient (Wildman–Crippen LogP) is 2.76. The molecule has 0 radical (unpaired) electrons. The molecular formula is C21H27N3O5S. The number of nitrogens with one attached hydrogen (secondary N) is 3. The topological polar surface area (TPSA) is 106 Å². The van der Waals surface area contributed by atoms with Gasteiger partial charge in [0.25, 0.3) is 17.7 Å². The van der Waals surface area contributed by atoms with E-state index in [1.54, 1.807) is 43.5 Å². The zero-order valence-electron chi connectivity index (χ0n) is 17.6. The first kappa shape index (κ1) is 23.2. The summed E-state index contributed by atoms with van der Waals surface area (Å²) in [5, 5.41) is 4.48. The van der Waals surface area contributed by atoms with Gasteiger partial charge in [-0.3, -0.25) is 25.2 Å². The molecule has 0 aliphatic carbocycles. The summed E-state index contributed by atoms with van der Waals surface area (Å²) < 4.78 is 10.9. The van der Waals surface area contributed by atoms with Crippen LogP contribution in [0.5, 0.6) is 11.5 Å². The van der Waals surface area contributed by atoms with E-state index in [1.807, 2.05) is 13.8 Å². The lowest BCUT2D eigenvalue weighted by Crippen LogP contribution is -2.54. The van der Waals surface area contributed by atoms with E-state index in [0.29, 0.717) is 16.4 Å². The van der Waals surface area contributed by atoms with E-state index in [4.69, 9.17) is 9.47 Å². The molecule has 2 rings (SSSR count). The van der Waals surface area contributed by atoms with Crippen LogP contribution in [-0.2, 0) is 4.79 Å². The van der Waals surface area contributed by atoms with Gasteiger partial charge in [-0.05, 0) is 49.4 Å². The normalized spacial score (nSPS) is 11.7. The van der Waals surface area contributed by atoms with Gasteiger partial charge in [-0.25, -0.2) is 0 Å². The molecule has 30 heavy (non-hydrogen) atoms. The second-order valence-corrected chi connectivity index (χ2v) is 8.10. The van der Waals surface area contributed by atoms with E-state index in [2.05, 4.69) is 16.2 Å². The summed E-state index contributed by atoms with van der Waals surface area (Å²) >= 11 is 1.28. The van der Waals surface area contributed by atoms with E-state index < -0.39 is 17.9 Å². The minimum Gasteiger partial charge on any atom is -0.493 e. The third kappa shape index (κ3) is 6.21. The maximum Gasteiger partial charge on any atom is 0.269 e. The molecule has 1 aromatic heterocycles. The van der Waals surface area contributed by atoms with Crippen LogP contribution < -0.4 is 25.6 Å². The third-order valence-electron chi connectivity index (χ3n) is 4.07. The Balaban J connectivity index is 2.01. The highest BCUT2D eigenvalue weighted by Gasteiger charge is 2.25. The molecule has 0 bridgehead atoms. The minimum atomic E-state index is -0.809. The minimum absolute atomic E-state index is 0.0461. The number of methoxy groups -OCH3 is 1. The van der Waals surface area contributed by atoms with Crippen LogP contribution >= 0.6 is 11.3 Å². The van der Waals surface area contributed by atoms with Crippen molar-refractivity contribution in [2.24, 2.45) is 5.92 Å². The quantitative estimate of drug-likeness (QED) is 0.555. The Morgan fingerprint density at radius 3 is 2.27 bits per heavy atom. The Bertz CT molecular complexity index is 881. The lowest BCUT2D eigenvalue weighted by Gasteiger charge is -2.21. The largest absolute Gasteiger partial charge is 0.493 e. The van der Waals surface area contributed by atoms with E-state index in [-0.39, 0.29) is 23.5 Å². The fourth-order valence-electron chi connectivity index (χ4n) is 2.58. The molecule has 0 spiro atoms. The molecule has 0 fully saturated rings. The van der Waals surface area contributed by atoms with Crippen molar-refractivity contribution < 1.29 is 23.9 Å². The van der Waals surface area contributed by atoms with Crippen molar-refractivity contribution >= 4 is 29.1 Å². The molecule has 1 heterocycles. The van der Waals surface area contributed by atoms with Crippen molar-refractivity contribution in [3.63, 3.8) is 0 Å². The molecule has 1 atom stereocenters. The molecule has 1 unspecified atom stereocenters. The average molecular weight is 434 g/mol. The number of carbonyl (C=O) groups is 3. The lowest BCUT2D eigenvalue weighted by molar-refractivity contribution is -0.124. The Labute approximate surface area is 179 Å². The molecule has 0 saturated carbocycles. The van der Waals surface area contributed by atoms with Gasteiger partial charge in [0.05, 0.1) is 18.1 Å². The zero-order valence-corrected chi connectivity index (χ0v) is 18.5. The standard InChI is InChI=1S/C21H27N3O5S/c1-12(2)18(22-20(26)17-7-6-10-30-17)21(27)24-23-19(25)14-8-9-15(29-13(3)4)16(11-14)28-5/h6-13,18H,1-5H3,(H,22,26)(H,23,25)(H,24,27). The van der Waals surface area contributed by atoms with Crippen LogP contribution in [0.1, 0.15) is 47.7 Å². The first-order valence-corrected chi connectivity index (χ1v) is 10.4. The van der Waals surface area contributed by atoms with Crippen LogP contribution in [0, 0.1) is 5.92 Å². The van der Waals surface area contributed by atoms with E-state index in [9.17, 15) is 14.4 Å². The fraction of sp³-hybridized carbons (Fsp3) is 0.381. The number of hydrogen-bond donors (Lipinski definition) is 3. The van der Waals surface area contributed by atoms with Gasteiger partial charge < -0.3 is 14.8 Å². The van der Waals surface area contributed by atoms with Crippen molar-refractivity contribution in [3.05, 3.63) is 46.2 Å². The van der Waals surface area contributed by atoms with Crippen LogP contribution in [-0.4, -0.2) is 37.0 Å². The number of thiophene rings is 1. The highest BCUT2D eigenvalue weighted by molar-refractivity contribution is 7.12. The van der Waals surface area contributed by atoms with Gasteiger partial charge in [0, 0.05) is 5.56 Å². The second kappa shape index (κ2) is 10.6. The summed E-state index contributed by atoms with van der Waals surface area (Å²) in [7, 11) is 1.48. The molecule has 3 amide bonds. The van der Waals surface area contributed by atoms with Crippen molar-refractivity contribution in [2.75, 3.05) is 7.11 Å². The van der Waals surface area contributed by atoms with Crippen LogP contribution in [0.4, 0.5) is 0 Å². The molecule has 2 aromatic rings. The molecule has 0 aliphatic rings. The van der Waals surface area contributed by atoms with Gasteiger partial charge in [0.1, 0.15) is 6.04 Å².